The van der Waals surface area contributed by atoms with E-state index in [1.54, 1.807) is 0 Å². The summed E-state index contributed by atoms with van der Waals surface area (Å²) in [7, 11) is 0. The number of carbonyl (C=O) groups excluding carboxylic acids is 1. The Balaban J connectivity index is 3.50. The van der Waals surface area contributed by atoms with Gasteiger partial charge in [0.15, 0.2) is 0 Å². The molecular weight excluding hydrogens is 947 g/mol. The van der Waals surface area contributed by atoms with Gasteiger partial charge in [-0.15, -0.1) is 0 Å². The van der Waals surface area contributed by atoms with Crippen LogP contribution in [0.25, 0.3) is 0 Å². The summed E-state index contributed by atoms with van der Waals surface area (Å²) in [4.78, 5) is 12.7. The van der Waals surface area contributed by atoms with Crippen molar-refractivity contribution in [3.8, 4) is 0 Å². The van der Waals surface area contributed by atoms with E-state index in [4.69, 9.17) is 0 Å². The minimum absolute atomic E-state index is 0.377. The zero-order valence-electron chi connectivity index (χ0n) is 52.8. The van der Waals surface area contributed by atoms with Gasteiger partial charge in [0, 0.05) is 0 Å². The molecule has 0 spiro atoms. The molecular formula is C71H143NO5. The summed E-state index contributed by atoms with van der Waals surface area (Å²) < 4.78 is 0. The highest BCUT2D eigenvalue weighted by Crippen LogP contribution is 2.20. The molecule has 5 N–H and O–H groups in total. The molecule has 0 radical (unpaired) electrons. The van der Waals surface area contributed by atoms with Crippen molar-refractivity contribution in [1.29, 1.82) is 0 Å². The Morgan fingerprint density at radius 1 is 0.273 bits per heavy atom. The number of aliphatic hydroxyl groups excluding tert-OH is 4. The smallest absolute Gasteiger partial charge is 0.249 e. The molecule has 77 heavy (non-hydrogen) atoms. The Labute approximate surface area is 483 Å². The summed E-state index contributed by atoms with van der Waals surface area (Å²) >= 11 is 0. The second-order valence-electron chi connectivity index (χ2n) is 25.3. The van der Waals surface area contributed by atoms with Crippen LogP contribution in [0, 0.1) is 0 Å². The Morgan fingerprint density at radius 3 is 0.623 bits per heavy atom. The molecule has 4 unspecified atom stereocenters. The van der Waals surface area contributed by atoms with Crippen molar-refractivity contribution >= 4 is 5.91 Å². The van der Waals surface area contributed by atoms with E-state index in [1.807, 2.05) is 0 Å². The standard InChI is InChI=1S/C71H143NO5/c1-3-5-7-9-11-13-15-17-19-21-23-25-27-29-31-33-35-37-39-41-43-45-47-49-51-53-55-57-59-61-63-65-69(75)71(77)72-67(66-73)70(76)68(74)64-62-60-58-56-54-52-50-48-46-44-42-40-38-36-34-32-30-28-26-24-22-20-18-16-14-12-10-8-6-4-2/h67-70,73-76H,3-66H2,1-2H3,(H,72,77). The fraction of sp³-hybridized carbons (Fsp3) is 0.986. The average Bonchev–Trinajstić information content (AvgIpc) is 3.43. The highest BCUT2D eigenvalue weighted by Gasteiger charge is 2.28. The number of carbonyl (C=O) groups is 1. The lowest BCUT2D eigenvalue weighted by atomic mass is 9.99. The molecule has 0 fully saturated rings. The van der Waals surface area contributed by atoms with Gasteiger partial charge in [-0.05, 0) is 12.8 Å². The molecule has 0 saturated carbocycles. The van der Waals surface area contributed by atoms with Crippen LogP contribution in [0.15, 0.2) is 0 Å². The predicted molar refractivity (Wildman–Crippen MR) is 339 cm³/mol. The quantitative estimate of drug-likeness (QED) is 0.0390. The Bertz CT molecular complexity index is 1090. The lowest BCUT2D eigenvalue weighted by Crippen LogP contribution is -2.53. The van der Waals surface area contributed by atoms with Crippen molar-refractivity contribution in [2.45, 2.75) is 443 Å². The van der Waals surface area contributed by atoms with Gasteiger partial charge in [0.25, 0.3) is 0 Å². The van der Waals surface area contributed by atoms with Gasteiger partial charge in [-0.1, -0.05) is 406 Å². The fourth-order valence-electron chi connectivity index (χ4n) is 12.0. The van der Waals surface area contributed by atoms with E-state index in [-0.39, 0.29) is 0 Å². The maximum absolute atomic E-state index is 12.7. The molecule has 0 aliphatic heterocycles. The average molecular weight is 1090 g/mol. The number of unbranched alkanes of at least 4 members (excludes halogenated alkanes) is 59. The molecule has 0 aromatic heterocycles. The lowest BCUT2D eigenvalue weighted by molar-refractivity contribution is -0.132. The maximum Gasteiger partial charge on any atom is 0.249 e. The van der Waals surface area contributed by atoms with Crippen LogP contribution in [0.2, 0.25) is 0 Å². The summed E-state index contributed by atoms with van der Waals surface area (Å²) in [5.41, 5.74) is 0. The van der Waals surface area contributed by atoms with Crippen LogP contribution >= 0.6 is 0 Å². The summed E-state index contributed by atoms with van der Waals surface area (Å²) in [6.07, 6.45) is 81.0. The van der Waals surface area contributed by atoms with Gasteiger partial charge in [0.2, 0.25) is 5.91 Å². The van der Waals surface area contributed by atoms with Crippen LogP contribution in [0.1, 0.15) is 418 Å². The van der Waals surface area contributed by atoms with E-state index in [1.165, 1.54) is 353 Å². The minimum atomic E-state index is -1.26. The van der Waals surface area contributed by atoms with Crippen molar-refractivity contribution in [1.82, 2.24) is 5.32 Å². The van der Waals surface area contributed by atoms with Gasteiger partial charge >= 0.3 is 0 Å². The van der Waals surface area contributed by atoms with E-state index in [9.17, 15) is 25.2 Å². The van der Waals surface area contributed by atoms with E-state index in [0.29, 0.717) is 12.8 Å². The normalized spacial score (nSPS) is 13.4. The van der Waals surface area contributed by atoms with Gasteiger partial charge in [0.1, 0.15) is 12.2 Å². The van der Waals surface area contributed by atoms with Crippen LogP contribution in [-0.4, -0.2) is 57.3 Å². The second-order valence-corrected chi connectivity index (χ2v) is 25.3. The zero-order valence-corrected chi connectivity index (χ0v) is 52.8. The lowest BCUT2D eigenvalue weighted by Gasteiger charge is -2.27. The van der Waals surface area contributed by atoms with Crippen molar-refractivity contribution in [2.24, 2.45) is 0 Å². The van der Waals surface area contributed by atoms with E-state index in [2.05, 4.69) is 19.2 Å². The van der Waals surface area contributed by atoms with Crippen LogP contribution in [0.4, 0.5) is 0 Å². The van der Waals surface area contributed by atoms with Crippen molar-refractivity contribution in [3.05, 3.63) is 0 Å². The molecule has 0 rings (SSSR count). The van der Waals surface area contributed by atoms with E-state index in [0.717, 1.165) is 38.5 Å². The highest BCUT2D eigenvalue weighted by molar-refractivity contribution is 5.80. The number of amides is 1. The third-order valence-electron chi connectivity index (χ3n) is 17.6. The van der Waals surface area contributed by atoms with E-state index < -0.39 is 36.9 Å². The molecule has 4 atom stereocenters. The number of rotatable bonds is 68. The summed E-state index contributed by atoms with van der Waals surface area (Å²) in [5.74, 6) is -0.572. The molecule has 6 nitrogen and oxygen atoms in total. The maximum atomic E-state index is 12.7. The number of hydrogen-bond acceptors (Lipinski definition) is 5. The molecule has 0 bridgehead atoms. The second kappa shape index (κ2) is 66.1. The molecule has 0 aliphatic carbocycles. The first-order valence-corrected chi connectivity index (χ1v) is 35.9. The number of hydrogen-bond donors (Lipinski definition) is 5. The molecule has 0 saturated heterocycles. The Hall–Kier alpha value is -0.690. The first-order chi connectivity index (χ1) is 38.0. The zero-order chi connectivity index (χ0) is 55.8. The SMILES string of the molecule is CCCCCCCCCCCCCCCCCCCCCCCCCCCCCCCCCC(O)C(=O)NC(CO)C(O)C(O)CCCCCCCCCCCCCCCCCCCCCCCCCCCCCCCC. The van der Waals surface area contributed by atoms with Crippen LogP contribution < -0.4 is 5.32 Å². The van der Waals surface area contributed by atoms with Gasteiger partial charge in [-0.2, -0.15) is 0 Å². The van der Waals surface area contributed by atoms with Crippen LogP contribution in [0.3, 0.4) is 0 Å². The first-order valence-electron chi connectivity index (χ1n) is 35.9. The highest BCUT2D eigenvalue weighted by atomic mass is 16.3. The van der Waals surface area contributed by atoms with Crippen molar-refractivity contribution in [3.63, 3.8) is 0 Å². The third kappa shape index (κ3) is 59.7. The Morgan fingerprint density at radius 2 is 0.442 bits per heavy atom. The third-order valence-corrected chi connectivity index (χ3v) is 17.6. The minimum Gasteiger partial charge on any atom is -0.394 e. The molecule has 0 aromatic carbocycles. The monoisotopic (exact) mass is 1090 g/mol. The summed E-state index contributed by atoms with van der Waals surface area (Å²) in [6.45, 7) is 4.12. The molecule has 0 heterocycles. The molecule has 0 aliphatic rings. The number of aliphatic hydroxyl groups is 4. The predicted octanol–water partition coefficient (Wildman–Crippen LogP) is 22.2. The van der Waals surface area contributed by atoms with Crippen molar-refractivity contribution < 1.29 is 25.2 Å². The topological polar surface area (TPSA) is 110 Å². The largest absolute Gasteiger partial charge is 0.394 e. The fourth-order valence-corrected chi connectivity index (χ4v) is 12.0. The molecule has 462 valence electrons. The number of nitrogens with one attached hydrogen (secondary N) is 1. The first kappa shape index (κ1) is 76.3. The Kier molecular flexibility index (Phi) is 65.5. The van der Waals surface area contributed by atoms with E-state index >= 15 is 0 Å². The molecule has 0 aromatic rings. The van der Waals surface area contributed by atoms with Crippen molar-refractivity contribution in [2.75, 3.05) is 6.61 Å². The van der Waals surface area contributed by atoms with Gasteiger partial charge < -0.3 is 25.7 Å². The summed E-state index contributed by atoms with van der Waals surface area (Å²) in [6, 6.07) is -0.982. The van der Waals surface area contributed by atoms with Gasteiger partial charge in [-0.3, -0.25) is 4.79 Å². The molecule has 6 heteroatoms. The summed E-state index contributed by atoms with van der Waals surface area (Å²) in [5, 5.41) is 44.3. The van der Waals surface area contributed by atoms with Gasteiger partial charge in [-0.25, -0.2) is 0 Å². The van der Waals surface area contributed by atoms with Crippen LogP contribution in [-0.2, 0) is 4.79 Å². The van der Waals surface area contributed by atoms with Crippen LogP contribution in [0.5, 0.6) is 0 Å². The molecule has 1 amide bonds. The van der Waals surface area contributed by atoms with Gasteiger partial charge in [0.05, 0.1) is 18.8 Å².